The van der Waals surface area contributed by atoms with E-state index < -0.39 is 0 Å². The molecule has 0 unspecified atom stereocenters. The molecular weight excluding hydrogens is 552 g/mol. The van der Waals surface area contributed by atoms with Crippen LogP contribution in [-0.2, 0) is 44.4 Å². The first-order chi connectivity index (χ1) is 21.3. The van der Waals surface area contributed by atoms with Gasteiger partial charge >= 0.3 is 5.97 Å². The predicted octanol–water partition coefficient (Wildman–Crippen LogP) is 6.19. The SMILES string of the molecule is CCCCCCCCc1ccc(OCCOCCOCCOCCOCCOCCOCCOC(=O)CCCCC)cc1. The second-order valence-corrected chi connectivity index (χ2v) is 10.4. The molecule has 0 amide bonds. The van der Waals surface area contributed by atoms with Gasteiger partial charge < -0.3 is 37.9 Å². The molecule has 1 aromatic carbocycles. The summed E-state index contributed by atoms with van der Waals surface area (Å²) in [6.07, 6.45) is 12.6. The van der Waals surface area contributed by atoms with Crippen molar-refractivity contribution in [1.82, 2.24) is 0 Å². The third-order valence-electron chi connectivity index (χ3n) is 6.57. The monoisotopic (exact) mass is 612 g/mol. The second-order valence-electron chi connectivity index (χ2n) is 10.4. The van der Waals surface area contributed by atoms with Gasteiger partial charge in [-0.3, -0.25) is 4.79 Å². The molecule has 9 nitrogen and oxygen atoms in total. The van der Waals surface area contributed by atoms with Gasteiger partial charge in [0, 0.05) is 6.42 Å². The summed E-state index contributed by atoms with van der Waals surface area (Å²) in [6.45, 7) is 11.1. The van der Waals surface area contributed by atoms with Crippen LogP contribution in [0.5, 0.6) is 5.75 Å². The molecule has 0 aliphatic heterocycles. The Hall–Kier alpha value is -1.75. The minimum Gasteiger partial charge on any atom is -0.491 e. The third-order valence-corrected chi connectivity index (χ3v) is 6.57. The van der Waals surface area contributed by atoms with Crippen molar-refractivity contribution >= 4 is 5.97 Å². The Labute approximate surface area is 261 Å². The minimum atomic E-state index is -0.153. The van der Waals surface area contributed by atoms with Gasteiger partial charge in [-0.15, -0.1) is 0 Å². The maximum Gasteiger partial charge on any atom is 0.305 e. The molecule has 0 aliphatic rings. The van der Waals surface area contributed by atoms with E-state index in [9.17, 15) is 4.79 Å². The summed E-state index contributed by atoms with van der Waals surface area (Å²) >= 11 is 0. The maximum absolute atomic E-state index is 11.5. The van der Waals surface area contributed by atoms with E-state index in [4.69, 9.17) is 37.9 Å². The van der Waals surface area contributed by atoms with E-state index in [2.05, 4.69) is 26.0 Å². The summed E-state index contributed by atoms with van der Waals surface area (Å²) in [6, 6.07) is 8.43. The van der Waals surface area contributed by atoms with Crippen molar-refractivity contribution in [3.63, 3.8) is 0 Å². The normalized spacial score (nSPS) is 11.2. The average Bonchev–Trinajstić information content (AvgIpc) is 3.02. The highest BCUT2D eigenvalue weighted by Gasteiger charge is 2.02. The predicted molar refractivity (Wildman–Crippen MR) is 169 cm³/mol. The molecule has 250 valence electrons. The van der Waals surface area contributed by atoms with Gasteiger partial charge in [-0.1, -0.05) is 70.9 Å². The maximum atomic E-state index is 11.5. The van der Waals surface area contributed by atoms with Crippen LogP contribution in [-0.4, -0.2) is 98.5 Å². The summed E-state index contributed by atoms with van der Waals surface area (Å²) < 4.78 is 43.8. The standard InChI is InChI=1S/C34H60O9/c1-3-5-7-8-9-11-12-32-14-16-33(17-15-32)42-30-28-40-26-24-38-22-20-36-18-19-37-21-23-39-25-27-41-29-31-43-34(35)13-10-6-4-2/h14-17H,3-13,18-31H2,1-2H3. The second kappa shape index (κ2) is 31.7. The Morgan fingerprint density at radius 2 is 0.907 bits per heavy atom. The van der Waals surface area contributed by atoms with Crippen molar-refractivity contribution in [2.75, 3.05) is 92.5 Å². The zero-order valence-electron chi connectivity index (χ0n) is 27.2. The lowest BCUT2D eigenvalue weighted by Gasteiger charge is -2.09. The fourth-order valence-corrected chi connectivity index (χ4v) is 4.09. The molecule has 9 heteroatoms. The fourth-order valence-electron chi connectivity index (χ4n) is 4.09. The van der Waals surface area contributed by atoms with Gasteiger partial charge in [0.05, 0.1) is 79.3 Å². The van der Waals surface area contributed by atoms with Crippen LogP contribution in [0.3, 0.4) is 0 Å². The quantitative estimate of drug-likeness (QED) is 0.0681. The number of unbranched alkanes of at least 4 members (excludes halogenated alkanes) is 7. The highest BCUT2D eigenvalue weighted by atomic mass is 16.6. The number of aryl methyl sites for hydroxylation is 1. The van der Waals surface area contributed by atoms with Crippen molar-refractivity contribution in [2.24, 2.45) is 0 Å². The number of hydrogen-bond acceptors (Lipinski definition) is 9. The van der Waals surface area contributed by atoms with Crippen LogP contribution in [0.2, 0.25) is 0 Å². The van der Waals surface area contributed by atoms with Gasteiger partial charge in [0.2, 0.25) is 0 Å². The molecular formula is C34H60O9. The Morgan fingerprint density at radius 1 is 0.488 bits per heavy atom. The van der Waals surface area contributed by atoms with Crippen LogP contribution in [0, 0.1) is 0 Å². The van der Waals surface area contributed by atoms with E-state index in [0.717, 1.165) is 31.4 Å². The summed E-state index contributed by atoms with van der Waals surface area (Å²) in [5, 5.41) is 0. The lowest BCUT2D eigenvalue weighted by molar-refractivity contribution is -0.145. The zero-order valence-corrected chi connectivity index (χ0v) is 27.2. The lowest BCUT2D eigenvalue weighted by atomic mass is 10.0. The van der Waals surface area contributed by atoms with E-state index in [1.165, 1.54) is 44.1 Å². The number of rotatable bonds is 33. The van der Waals surface area contributed by atoms with Crippen molar-refractivity contribution in [1.29, 1.82) is 0 Å². The molecule has 0 saturated heterocycles. The van der Waals surface area contributed by atoms with E-state index in [1.807, 2.05) is 12.1 Å². The first-order valence-electron chi connectivity index (χ1n) is 16.6. The number of carbonyl (C=O) groups excluding carboxylic acids is 1. The smallest absolute Gasteiger partial charge is 0.305 e. The molecule has 1 rings (SSSR count). The lowest BCUT2D eigenvalue weighted by Crippen LogP contribution is -2.15. The fraction of sp³-hybridized carbons (Fsp3) is 0.794. The molecule has 0 N–H and O–H groups in total. The zero-order chi connectivity index (χ0) is 30.9. The first-order valence-corrected chi connectivity index (χ1v) is 16.6. The van der Waals surface area contributed by atoms with E-state index in [-0.39, 0.29) is 12.6 Å². The molecule has 0 aromatic heterocycles. The Balaban J connectivity index is 1.74. The highest BCUT2D eigenvalue weighted by molar-refractivity contribution is 5.69. The summed E-state index contributed by atoms with van der Waals surface area (Å²) in [7, 11) is 0. The average molecular weight is 613 g/mol. The van der Waals surface area contributed by atoms with Gasteiger partial charge in [-0.25, -0.2) is 0 Å². The number of esters is 1. The summed E-state index contributed by atoms with van der Waals surface area (Å²) in [5.41, 5.74) is 1.38. The molecule has 0 spiro atoms. The summed E-state index contributed by atoms with van der Waals surface area (Å²) in [4.78, 5) is 11.5. The van der Waals surface area contributed by atoms with E-state index in [0.29, 0.717) is 92.3 Å². The Bertz CT molecular complexity index is 714. The van der Waals surface area contributed by atoms with Crippen LogP contribution in [0.15, 0.2) is 24.3 Å². The molecule has 1 aromatic rings. The number of ether oxygens (including phenoxy) is 8. The third kappa shape index (κ3) is 27.5. The van der Waals surface area contributed by atoms with E-state index >= 15 is 0 Å². The molecule has 0 saturated carbocycles. The van der Waals surface area contributed by atoms with Gasteiger partial charge in [0.15, 0.2) is 0 Å². The highest BCUT2D eigenvalue weighted by Crippen LogP contribution is 2.15. The Morgan fingerprint density at radius 3 is 1.42 bits per heavy atom. The molecule has 43 heavy (non-hydrogen) atoms. The molecule has 0 radical (unpaired) electrons. The van der Waals surface area contributed by atoms with Gasteiger partial charge in [0.25, 0.3) is 0 Å². The molecule has 0 bridgehead atoms. The van der Waals surface area contributed by atoms with Crippen molar-refractivity contribution in [2.45, 2.75) is 84.5 Å². The largest absolute Gasteiger partial charge is 0.491 e. The molecule has 0 heterocycles. The van der Waals surface area contributed by atoms with Crippen LogP contribution in [0.25, 0.3) is 0 Å². The molecule has 0 aliphatic carbocycles. The van der Waals surface area contributed by atoms with E-state index in [1.54, 1.807) is 0 Å². The first kappa shape index (κ1) is 39.3. The van der Waals surface area contributed by atoms with Crippen LogP contribution in [0.4, 0.5) is 0 Å². The van der Waals surface area contributed by atoms with Gasteiger partial charge in [0.1, 0.15) is 19.0 Å². The van der Waals surface area contributed by atoms with Crippen LogP contribution >= 0.6 is 0 Å². The molecule has 0 atom stereocenters. The van der Waals surface area contributed by atoms with Crippen molar-refractivity contribution in [3.05, 3.63) is 29.8 Å². The van der Waals surface area contributed by atoms with Crippen LogP contribution in [0.1, 0.15) is 83.6 Å². The minimum absolute atomic E-state index is 0.153. The Kier molecular flexibility index (Phi) is 28.9. The summed E-state index contributed by atoms with van der Waals surface area (Å²) in [5.74, 6) is 0.732. The molecule has 0 fully saturated rings. The number of carbonyl (C=O) groups is 1. The van der Waals surface area contributed by atoms with Crippen molar-refractivity contribution < 1.29 is 42.7 Å². The van der Waals surface area contributed by atoms with Crippen molar-refractivity contribution in [3.8, 4) is 5.75 Å². The number of hydrogen-bond donors (Lipinski definition) is 0. The van der Waals surface area contributed by atoms with Gasteiger partial charge in [-0.2, -0.15) is 0 Å². The van der Waals surface area contributed by atoms with Crippen LogP contribution < -0.4 is 4.74 Å². The van der Waals surface area contributed by atoms with Gasteiger partial charge in [-0.05, 0) is 37.0 Å². The number of benzene rings is 1. The topological polar surface area (TPSA) is 90.9 Å².